The van der Waals surface area contributed by atoms with E-state index in [9.17, 15) is 14.9 Å². The van der Waals surface area contributed by atoms with Crippen LogP contribution in [-0.4, -0.2) is 25.2 Å². The van der Waals surface area contributed by atoms with E-state index in [2.05, 4.69) is 36.9 Å². The second-order valence-corrected chi connectivity index (χ2v) is 13.7. The first-order valence-corrected chi connectivity index (χ1v) is 15.9. The molecule has 5 rings (SSSR count). The number of rotatable bonds is 6. The zero-order chi connectivity index (χ0) is 31.3. The van der Waals surface area contributed by atoms with Gasteiger partial charge in [-0.05, 0) is 65.6 Å². The van der Waals surface area contributed by atoms with Crippen LogP contribution in [0.2, 0.25) is 10.0 Å². The number of amides is 2. The molecule has 43 heavy (non-hydrogen) atoms. The van der Waals surface area contributed by atoms with Gasteiger partial charge in [-0.1, -0.05) is 74.1 Å². The van der Waals surface area contributed by atoms with E-state index in [1.807, 2.05) is 6.07 Å². The predicted molar refractivity (Wildman–Crippen MR) is 170 cm³/mol. The van der Waals surface area contributed by atoms with Gasteiger partial charge in [-0.2, -0.15) is 5.26 Å². The molecule has 0 aromatic heterocycles. The monoisotopic (exact) mass is 639 g/mol. The molecule has 0 spiro atoms. The van der Waals surface area contributed by atoms with Crippen molar-refractivity contribution in [1.29, 1.82) is 5.26 Å². The average Bonchev–Trinajstić information content (AvgIpc) is 3.28. The van der Waals surface area contributed by atoms with E-state index in [1.54, 1.807) is 42.7 Å². The number of halogens is 3. The third-order valence-electron chi connectivity index (χ3n) is 8.53. The van der Waals surface area contributed by atoms with E-state index in [1.165, 1.54) is 25.1 Å². The van der Waals surface area contributed by atoms with Gasteiger partial charge in [0, 0.05) is 39.8 Å². The van der Waals surface area contributed by atoms with Crippen molar-refractivity contribution in [3.8, 4) is 22.9 Å². The van der Waals surface area contributed by atoms with Gasteiger partial charge in [0.15, 0.2) is 0 Å². The highest BCUT2D eigenvalue weighted by Gasteiger charge is 2.63. The van der Waals surface area contributed by atoms with Gasteiger partial charge in [-0.3, -0.25) is 14.3 Å². The number of ether oxygens (including phenoxy) is 1. The molecule has 2 amide bonds. The second-order valence-electron chi connectivity index (χ2n) is 12.3. The number of nitrogens with zero attached hydrogens (tertiary/aromatic N) is 1. The summed E-state index contributed by atoms with van der Waals surface area (Å²) in [6.07, 6.45) is 2.66. The van der Waals surface area contributed by atoms with Crippen LogP contribution >= 0.6 is 35.1 Å². The molecule has 4 atom stereocenters. The van der Waals surface area contributed by atoms with E-state index in [0.717, 1.165) is 5.56 Å². The lowest BCUT2D eigenvalue weighted by Gasteiger charge is -2.43. The van der Waals surface area contributed by atoms with Gasteiger partial charge >= 0.3 is 0 Å². The van der Waals surface area contributed by atoms with Crippen LogP contribution in [0.25, 0.3) is 11.1 Å². The standard InChI is InChI=1S/C33H32Cl2FN3O3S/c1-32(2,3)15-18-14-21(31(41)38-24-12-9-17(13-25(24)42-4)30(40)39-43-5)27-19-7-6-8-22(34)26(19)20-10-11-23(35)29(36)28(20)33(18,27)16-37/h6-13,18,21,27H,14-15H2,1-5H3,(H,38,41)(H,39,40)/t18-,21+,27-,33-/m0/s1. The van der Waals surface area contributed by atoms with Gasteiger partial charge in [0.1, 0.15) is 11.6 Å². The summed E-state index contributed by atoms with van der Waals surface area (Å²) in [5.74, 6) is -2.74. The molecular weight excluding hydrogens is 608 g/mol. The number of carbonyl (C=O) groups is 2. The zero-order valence-electron chi connectivity index (χ0n) is 24.5. The first-order chi connectivity index (χ1) is 20.4. The van der Waals surface area contributed by atoms with Gasteiger partial charge in [-0.15, -0.1) is 0 Å². The zero-order valence-corrected chi connectivity index (χ0v) is 26.8. The number of anilines is 1. The summed E-state index contributed by atoms with van der Waals surface area (Å²) in [5, 5.41) is 14.4. The van der Waals surface area contributed by atoms with Crippen molar-refractivity contribution in [3.63, 3.8) is 0 Å². The van der Waals surface area contributed by atoms with Crippen LogP contribution in [0.15, 0.2) is 48.5 Å². The topological polar surface area (TPSA) is 91.2 Å². The molecular formula is C33H32Cl2FN3O3S. The highest BCUT2D eigenvalue weighted by Crippen LogP contribution is 2.66. The molecule has 1 saturated carbocycles. The number of hydrogen-bond acceptors (Lipinski definition) is 5. The fourth-order valence-corrected chi connectivity index (χ4v) is 7.78. The summed E-state index contributed by atoms with van der Waals surface area (Å²) in [7, 11) is 1.46. The van der Waals surface area contributed by atoms with Crippen molar-refractivity contribution in [2.75, 3.05) is 18.7 Å². The van der Waals surface area contributed by atoms with Crippen LogP contribution in [0.3, 0.4) is 0 Å². The molecule has 3 aromatic carbocycles. The number of fused-ring (bicyclic) bond motifs is 6. The Bertz CT molecular complexity index is 1670. The first-order valence-electron chi connectivity index (χ1n) is 13.9. The quantitative estimate of drug-likeness (QED) is 0.264. The third kappa shape index (κ3) is 5.26. The SMILES string of the molecule is COc1cc(C(=O)NSC)ccc1NC(=O)[C@@H]1C[C@@H](CC(C)(C)C)[C@]2(C#N)c3c(ccc(Cl)c3F)-c3c(Cl)cccc3[C@@H]12. The maximum absolute atomic E-state index is 16.2. The minimum absolute atomic E-state index is 0.0830. The van der Waals surface area contributed by atoms with E-state index >= 15 is 4.39 Å². The summed E-state index contributed by atoms with van der Waals surface area (Å²) in [5.41, 5.74) is 1.24. The van der Waals surface area contributed by atoms with Crippen molar-refractivity contribution in [1.82, 2.24) is 4.72 Å². The summed E-state index contributed by atoms with van der Waals surface area (Å²) in [4.78, 5) is 26.6. The Hall–Kier alpha value is -3.25. The Labute approximate surface area is 265 Å². The fraction of sp³-hybridized carbons (Fsp3) is 0.364. The summed E-state index contributed by atoms with van der Waals surface area (Å²) in [6, 6.07) is 15.9. The molecule has 6 nitrogen and oxygen atoms in total. The van der Waals surface area contributed by atoms with E-state index < -0.39 is 23.1 Å². The maximum Gasteiger partial charge on any atom is 0.261 e. The van der Waals surface area contributed by atoms with E-state index in [4.69, 9.17) is 27.9 Å². The molecule has 2 aliphatic carbocycles. The molecule has 10 heteroatoms. The van der Waals surface area contributed by atoms with Crippen molar-refractivity contribution in [3.05, 3.63) is 81.1 Å². The lowest BCUT2D eigenvalue weighted by molar-refractivity contribution is -0.120. The van der Waals surface area contributed by atoms with Crippen molar-refractivity contribution >= 4 is 52.7 Å². The van der Waals surface area contributed by atoms with Gasteiger partial charge < -0.3 is 10.1 Å². The van der Waals surface area contributed by atoms with Gasteiger partial charge in [0.25, 0.3) is 5.91 Å². The average molecular weight is 641 g/mol. The molecule has 224 valence electrons. The molecule has 1 fully saturated rings. The molecule has 0 saturated heterocycles. The normalized spacial score (nSPS) is 22.1. The molecule has 2 N–H and O–H groups in total. The second kappa shape index (κ2) is 11.7. The summed E-state index contributed by atoms with van der Waals surface area (Å²) >= 11 is 14.3. The highest BCUT2D eigenvalue weighted by atomic mass is 35.5. The molecule has 2 aliphatic rings. The maximum atomic E-state index is 16.2. The van der Waals surface area contributed by atoms with Crippen LogP contribution < -0.4 is 14.8 Å². The number of nitrogens with one attached hydrogen (secondary N) is 2. The Kier molecular flexibility index (Phi) is 8.47. The Morgan fingerprint density at radius 3 is 2.56 bits per heavy atom. The van der Waals surface area contributed by atoms with E-state index in [0.29, 0.717) is 46.0 Å². The Balaban J connectivity index is 1.67. The van der Waals surface area contributed by atoms with Crippen molar-refractivity contribution in [2.45, 2.75) is 44.9 Å². The van der Waals surface area contributed by atoms with Crippen molar-refractivity contribution in [2.24, 2.45) is 17.3 Å². The Morgan fingerprint density at radius 2 is 1.91 bits per heavy atom. The molecule has 3 aromatic rings. The minimum atomic E-state index is -1.37. The van der Waals surface area contributed by atoms with Gasteiger partial charge in [0.2, 0.25) is 5.91 Å². The third-order valence-corrected chi connectivity index (χ3v) is 9.53. The van der Waals surface area contributed by atoms with Crippen LogP contribution in [-0.2, 0) is 10.2 Å². The van der Waals surface area contributed by atoms with Crippen LogP contribution in [0.5, 0.6) is 5.75 Å². The molecule has 0 radical (unpaired) electrons. The number of benzene rings is 3. The first kappa shape index (κ1) is 31.2. The Morgan fingerprint density at radius 1 is 1.16 bits per heavy atom. The number of nitriles is 1. The lowest BCUT2D eigenvalue weighted by Crippen LogP contribution is -2.42. The van der Waals surface area contributed by atoms with Crippen LogP contribution in [0.1, 0.15) is 61.0 Å². The van der Waals surface area contributed by atoms with Crippen molar-refractivity contribution < 1.29 is 18.7 Å². The largest absolute Gasteiger partial charge is 0.495 e. The summed E-state index contributed by atoms with van der Waals surface area (Å²) in [6.45, 7) is 6.22. The molecule has 0 bridgehead atoms. The van der Waals surface area contributed by atoms with Gasteiger partial charge in [0.05, 0.1) is 29.3 Å². The van der Waals surface area contributed by atoms with E-state index in [-0.39, 0.29) is 33.7 Å². The molecule has 0 heterocycles. The lowest BCUT2D eigenvalue weighted by atomic mass is 9.57. The highest BCUT2D eigenvalue weighted by molar-refractivity contribution is 7.97. The van der Waals surface area contributed by atoms with Crippen LogP contribution in [0.4, 0.5) is 10.1 Å². The number of carbonyl (C=O) groups excluding carboxylic acids is 2. The molecule has 0 aliphatic heterocycles. The fourth-order valence-electron chi connectivity index (χ4n) is 7.04. The minimum Gasteiger partial charge on any atom is -0.495 e. The smallest absolute Gasteiger partial charge is 0.261 e. The number of hydrogen-bond donors (Lipinski definition) is 2. The summed E-state index contributed by atoms with van der Waals surface area (Å²) < 4.78 is 24.4. The van der Waals surface area contributed by atoms with Gasteiger partial charge in [-0.25, -0.2) is 4.39 Å². The number of methoxy groups -OCH3 is 1. The predicted octanol–water partition coefficient (Wildman–Crippen LogP) is 8.39. The molecule has 0 unspecified atom stereocenters. The van der Waals surface area contributed by atoms with Crippen LogP contribution in [0, 0.1) is 34.4 Å².